The zero-order valence-corrected chi connectivity index (χ0v) is 14.4. The Balaban J connectivity index is 1.88. The Hall–Kier alpha value is -2.63. The zero-order chi connectivity index (χ0) is 17.4. The second-order valence-corrected chi connectivity index (χ2v) is 5.91. The summed E-state index contributed by atoms with van der Waals surface area (Å²) in [4.78, 5) is 12.2. The predicted molar refractivity (Wildman–Crippen MR) is 94.1 cm³/mol. The molecule has 128 valence electrons. The second kappa shape index (κ2) is 8.86. The molecule has 1 aromatic carbocycles. The number of nitrogens with zero attached hydrogens (tertiary/aromatic N) is 2. The number of carbonyl (C=O) groups is 1. The van der Waals surface area contributed by atoms with Crippen LogP contribution in [0.15, 0.2) is 36.4 Å². The molecule has 24 heavy (non-hydrogen) atoms. The number of hydrogen-bond donors (Lipinski definition) is 2. The zero-order valence-electron chi connectivity index (χ0n) is 14.4. The number of rotatable bonds is 8. The van der Waals surface area contributed by atoms with Crippen molar-refractivity contribution >= 4 is 11.7 Å². The van der Waals surface area contributed by atoms with Crippen molar-refractivity contribution in [1.82, 2.24) is 15.5 Å². The molecular formula is C18H24N4O2. The molecule has 0 aliphatic heterocycles. The van der Waals surface area contributed by atoms with Gasteiger partial charge in [-0.2, -0.15) is 0 Å². The Morgan fingerprint density at radius 3 is 2.62 bits per heavy atom. The van der Waals surface area contributed by atoms with Crippen molar-refractivity contribution in [1.29, 1.82) is 0 Å². The lowest BCUT2D eigenvalue weighted by Gasteiger charge is -2.09. The van der Waals surface area contributed by atoms with E-state index in [4.69, 9.17) is 4.74 Å². The van der Waals surface area contributed by atoms with Gasteiger partial charge in [-0.3, -0.25) is 4.79 Å². The summed E-state index contributed by atoms with van der Waals surface area (Å²) >= 11 is 0. The lowest BCUT2D eigenvalue weighted by molar-refractivity contribution is 0.0944. The SMILES string of the molecule is COc1ccccc1CNC(=O)c1ccc(NCCC(C)C)nn1. The summed E-state index contributed by atoms with van der Waals surface area (Å²) in [5.74, 6) is 1.79. The van der Waals surface area contributed by atoms with Crippen LogP contribution in [0.4, 0.5) is 5.82 Å². The number of anilines is 1. The quantitative estimate of drug-likeness (QED) is 0.779. The van der Waals surface area contributed by atoms with Crippen LogP contribution in [0.5, 0.6) is 5.75 Å². The average molecular weight is 328 g/mol. The van der Waals surface area contributed by atoms with E-state index in [0.717, 1.165) is 24.3 Å². The van der Waals surface area contributed by atoms with E-state index >= 15 is 0 Å². The molecule has 6 nitrogen and oxygen atoms in total. The lowest BCUT2D eigenvalue weighted by atomic mass is 10.1. The Kier molecular flexibility index (Phi) is 6.54. The van der Waals surface area contributed by atoms with E-state index in [2.05, 4.69) is 34.7 Å². The molecular weight excluding hydrogens is 304 g/mol. The number of amides is 1. The summed E-state index contributed by atoms with van der Waals surface area (Å²) in [5, 5.41) is 14.0. The van der Waals surface area contributed by atoms with Crippen molar-refractivity contribution in [3.63, 3.8) is 0 Å². The smallest absolute Gasteiger partial charge is 0.272 e. The number of benzene rings is 1. The van der Waals surface area contributed by atoms with Crippen LogP contribution in [0.3, 0.4) is 0 Å². The molecule has 1 aromatic heterocycles. The summed E-state index contributed by atoms with van der Waals surface area (Å²) < 4.78 is 5.27. The van der Waals surface area contributed by atoms with Gasteiger partial charge >= 0.3 is 0 Å². The molecule has 1 amide bonds. The highest BCUT2D eigenvalue weighted by atomic mass is 16.5. The van der Waals surface area contributed by atoms with Crippen molar-refractivity contribution in [2.75, 3.05) is 19.0 Å². The number of hydrogen-bond acceptors (Lipinski definition) is 5. The molecule has 0 unspecified atom stereocenters. The Morgan fingerprint density at radius 2 is 1.96 bits per heavy atom. The molecule has 0 saturated heterocycles. The van der Waals surface area contributed by atoms with Crippen molar-refractivity contribution in [2.24, 2.45) is 5.92 Å². The molecule has 2 aromatic rings. The first-order valence-corrected chi connectivity index (χ1v) is 8.08. The van der Waals surface area contributed by atoms with Crippen LogP contribution in [0.25, 0.3) is 0 Å². The first-order valence-electron chi connectivity index (χ1n) is 8.08. The van der Waals surface area contributed by atoms with Gasteiger partial charge in [-0.15, -0.1) is 10.2 Å². The van der Waals surface area contributed by atoms with E-state index in [1.54, 1.807) is 19.2 Å². The third-order valence-electron chi connectivity index (χ3n) is 3.56. The van der Waals surface area contributed by atoms with Crippen molar-refractivity contribution < 1.29 is 9.53 Å². The molecule has 6 heteroatoms. The van der Waals surface area contributed by atoms with Crippen LogP contribution in [0.2, 0.25) is 0 Å². The molecule has 0 bridgehead atoms. The van der Waals surface area contributed by atoms with Gasteiger partial charge in [0.25, 0.3) is 5.91 Å². The minimum Gasteiger partial charge on any atom is -0.496 e. The normalized spacial score (nSPS) is 10.5. The van der Waals surface area contributed by atoms with E-state index in [1.165, 1.54) is 0 Å². The van der Waals surface area contributed by atoms with Gasteiger partial charge in [0, 0.05) is 18.7 Å². The summed E-state index contributed by atoms with van der Waals surface area (Å²) in [5.41, 5.74) is 1.20. The van der Waals surface area contributed by atoms with Gasteiger partial charge in [0.1, 0.15) is 11.6 Å². The predicted octanol–water partition coefficient (Wildman–Crippen LogP) is 2.87. The Bertz CT molecular complexity index is 656. The van der Waals surface area contributed by atoms with Crippen LogP contribution >= 0.6 is 0 Å². The van der Waals surface area contributed by atoms with Gasteiger partial charge in [-0.05, 0) is 30.5 Å². The number of carbonyl (C=O) groups excluding carboxylic acids is 1. The molecule has 0 atom stereocenters. The highest BCUT2D eigenvalue weighted by molar-refractivity contribution is 5.92. The molecule has 0 saturated carbocycles. The number of nitrogens with one attached hydrogen (secondary N) is 2. The van der Waals surface area contributed by atoms with Crippen molar-refractivity contribution in [3.8, 4) is 5.75 Å². The summed E-state index contributed by atoms with van der Waals surface area (Å²) in [7, 11) is 1.61. The fraction of sp³-hybridized carbons (Fsp3) is 0.389. The molecule has 2 N–H and O–H groups in total. The minimum absolute atomic E-state index is 0.262. The number of ether oxygens (including phenoxy) is 1. The van der Waals surface area contributed by atoms with E-state index in [0.29, 0.717) is 24.0 Å². The molecule has 0 fully saturated rings. The molecule has 1 heterocycles. The Morgan fingerprint density at radius 1 is 1.17 bits per heavy atom. The maximum absolute atomic E-state index is 12.2. The average Bonchev–Trinajstić information content (AvgIpc) is 2.60. The fourth-order valence-corrected chi connectivity index (χ4v) is 2.15. The molecule has 0 aliphatic carbocycles. The number of aromatic nitrogens is 2. The van der Waals surface area contributed by atoms with Crippen molar-refractivity contribution in [3.05, 3.63) is 47.7 Å². The van der Waals surface area contributed by atoms with Gasteiger partial charge in [-0.1, -0.05) is 32.0 Å². The van der Waals surface area contributed by atoms with E-state index in [-0.39, 0.29) is 5.91 Å². The highest BCUT2D eigenvalue weighted by Gasteiger charge is 2.09. The summed E-state index contributed by atoms with van der Waals surface area (Å²) in [6.45, 7) is 5.55. The highest BCUT2D eigenvalue weighted by Crippen LogP contribution is 2.16. The number of para-hydroxylation sites is 1. The topological polar surface area (TPSA) is 76.1 Å². The maximum Gasteiger partial charge on any atom is 0.272 e. The third-order valence-corrected chi connectivity index (χ3v) is 3.56. The maximum atomic E-state index is 12.2. The summed E-state index contributed by atoms with van der Waals surface area (Å²) in [6.07, 6.45) is 1.06. The molecule has 0 spiro atoms. The summed E-state index contributed by atoms with van der Waals surface area (Å²) in [6, 6.07) is 11.0. The Labute approximate surface area is 142 Å². The van der Waals surface area contributed by atoms with Gasteiger partial charge < -0.3 is 15.4 Å². The van der Waals surface area contributed by atoms with Crippen LogP contribution < -0.4 is 15.4 Å². The van der Waals surface area contributed by atoms with Gasteiger partial charge in [0.15, 0.2) is 5.69 Å². The standard InChI is InChI=1S/C18H24N4O2/c1-13(2)10-11-19-17-9-8-15(21-22-17)18(23)20-12-14-6-4-5-7-16(14)24-3/h4-9,13H,10-12H2,1-3H3,(H,19,22)(H,20,23). The molecule has 2 rings (SSSR count). The second-order valence-electron chi connectivity index (χ2n) is 5.91. The third kappa shape index (κ3) is 5.22. The minimum atomic E-state index is -0.262. The van der Waals surface area contributed by atoms with E-state index in [9.17, 15) is 4.79 Å². The number of methoxy groups -OCH3 is 1. The first kappa shape index (κ1) is 17.7. The molecule has 0 aliphatic rings. The lowest BCUT2D eigenvalue weighted by Crippen LogP contribution is -2.24. The van der Waals surface area contributed by atoms with Crippen molar-refractivity contribution in [2.45, 2.75) is 26.8 Å². The van der Waals surface area contributed by atoms with Gasteiger partial charge in [0.2, 0.25) is 0 Å². The van der Waals surface area contributed by atoms with E-state index in [1.807, 2.05) is 24.3 Å². The molecule has 0 radical (unpaired) electrons. The van der Waals surface area contributed by atoms with Gasteiger partial charge in [0.05, 0.1) is 7.11 Å². The van der Waals surface area contributed by atoms with Crippen LogP contribution in [0, 0.1) is 5.92 Å². The van der Waals surface area contributed by atoms with Crippen LogP contribution in [-0.4, -0.2) is 29.8 Å². The fourth-order valence-electron chi connectivity index (χ4n) is 2.15. The largest absolute Gasteiger partial charge is 0.496 e. The first-order chi connectivity index (χ1) is 11.6. The van der Waals surface area contributed by atoms with Crippen LogP contribution in [0.1, 0.15) is 36.3 Å². The monoisotopic (exact) mass is 328 g/mol. The van der Waals surface area contributed by atoms with Crippen LogP contribution in [-0.2, 0) is 6.54 Å². The van der Waals surface area contributed by atoms with Gasteiger partial charge in [-0.25, -0.2) is 0 Å². The van der Waals surface area contributed by atoms with E-state index < -0.39 is 0 Å².